The Morgan fingerprint density at radius 2 is 2.50 bits per heavy atom. The smallest absolute Gasteiger partial charge is 0.193 e. The number of rotatable bonds is 5. The third kappa shape index (κ3) is 4.18. The minimum absolute atomic E-state index is 0.615. The molecule has 0 spiro atoms. The Hall–Kier alpha value is -1.14. The minimum Gasteiger partial charge on any atom is -0.381 e. The molecule has 0 amide bonds. The van der Waals surface area contributed by atoms with Crippen LogP contribution >= 0.6 is 11.3 Å². The van der Waals surface area contributed by atoms with Gasteiger partial charge in [-0.25, -0.2) is 4.98 Å². The second kappa shape index (κ2) is 7.59. The van der Waals surface area contributed by atoms with Crippen LogP contribution in [0.2, 0.25) is 0 Å². The van der Waals surface area contributed by atoms with Gasteiger partial charge in [0, 0.05) is 38.5 Å². The van der Waals surface area contributed by atoms with Crippen molar-refractivity contribution in [2.24, 2.45) is 10.9 Å². The monoisotopic (exact) mass is 296 g/mol. The first-order valence-corrected chi connectivity index (χ1v) is 8.03. The summed E-state index contributed by atoms with van der Waals surface area (Å²) in [6.45, 7) is 5.61. The predicted molar refractivity (Wildman–Crippen MR) is 83.2 cm³/mol. The summed E-state index contributed by atoms with van der Waals surface area (Å²) < 4.78 is 5.42. The van der Waals surface area contributed by atoms with E-state index in [2.05, 4.69) is 39.5 Å². The van der Waals surface area contributed by atoms with Gasteiger partial charge < -0.3 is 15.0 Å². The van der Waals surface area contributed by atoms with Crippen LogP contribution in [0.15, 0.2) is 10.4 Å². The summed E-state index contributed by atoms with van der Waals surface area (Å²) in [4.78, 5) is 11.1. The summed E-state index contributed by atoms with van der Waals surface area (Å²) in [5, 5.41) is 6.68. The van der Waals surface area contributed by atoms with Gasteiger partial charge in [0.25, 0.3) is 0 Å². The van der Waals surface area contributed by atoms with Crippen molar-refractivity contribution in [3.8, 4) is 0 Å². The number of hydrogen-bond acceptors (Lipinski definition) is 4. The molecule has 1 N–H and O–H groups in total. The lowest BCUT2D eigenvalue weighted by atomic mass is 10.1. The molecule has 2 rings (SSSR count). The van der Waals surface area contributed by atoms with Crippen LogP contribution in [-0.4, -0.2) is 49.7 Å². The molecular weight excluding hydrogens is 272 g/mol. The Morgan fingerprint density at radius 1 is 1.65 bits per heavy atom. The summed E-state index contributed by atoms with van der Waals surface area (Å²) in [7, 11) is 3.90. The van der Waals surface area contributed by atoms with E-state index in [0.29, 0.717) is 5.92 Å². The number of thiazole rings is 1. The van der Waals surface area contributed by atoms with Gasteiger partial charge in [0.05, 0.1) is 23.9 Å². The molecule has 5 nitrogen and oxygen atoms in total. The van der Waals surface area contributed by atoms with E-state index in [1.807, 2.05) is 7.05 Å². The number of ether oxygens (including phenoxy) is 1. The van der Waals surface area contributed by atoms with Gasteiger partial charge in [0.1, 0.15) is 0 Å². The van der Waals surface area contributed by atoms with Gasteiger partial charge >= 0.3 is 0 Å². The molecule has 1 aromatic heterocycles. The summed E-state index contributed by atoms with van der Waals surface area (Å²) in [6.07, 6.45) is 2.15. The predicted octanol–water partition coefficient (Wildman–Crippen LogP) is 1.75. The number of guanidine groups is 1. The van der Waals surface area contributed by atoms with Crippen molar-refractivity contribution in [1.29, 1.82) is 0 Å². The van der Waals surface area contributed by atoms with E-state index >= 15 is 0 Å². The molecule has 1 saturated heterocycles. The van der Waals surface area contributed by atoms with Crippen molar-refractivity contribution in [1.82, 2.24) is 15.2 Å². The highest BCUT2D eigenvalue weighted by Crippen LogP contribution is 2.13. The van der Waals surface area contributed by atoms with Crippen LogP contribution in [0.3, 0.4) is 0 Å². The van der Waals surface area contributed by atoms with E-state index in [9.17, 15) is 0 Å². The number of nitrogens with one attached hydrogen (secondary N) is 1. The molecule has 6 heteroatoms. The van der Waals surface area contributed by atoms with Gasteiger partial charge in [-0.05, 0) is 12.8 Å². The Balaban J connectivity index is 1.81. The Bertz CT molecular complexity index is 440. The number of hydrogen-bond donors (Lipinski definition) is 1. The lowest BCUT2D eigenvalue weighted by molar-refractivity contribution is 0.181. The zero-order valence-electron chi connectivity index (χ0n) is 12.6. The van der Waals surface area contributed by atoms with Crippen molar-refractivity contribution in [3.05, 3.63) is 16.1 Å². The highest BCUT2D eigenvalue weighted by molar-refractivity contribution is 7.09. The van der Waals surface area contributed by atoms with E-state index in [4.69, 9.17) is 4.74 Å². The maximum absolute atomic E-state index is 5.42. The van der Waals surface area contributed by atoms with Crippen molar-refractivity contribution in [3.63, 3.8) is 0 Å². The third-order valence-electron chi connectivity index (χ3n) is 3.46. The Morgan fingerprint density at radius 3 is 3.10 bits per heavy atom. The van der Waals surface area contributed by atoms with Crippen LogP contribution in [0, 0.1) is 5.92 Å². The lowest BCUT2D eigenvalue weighted by Gasteiger charge is -2.24. The minimum atomic E-state index is 0.615. The van der Waals surface area contributed by atoms with Gasteiger partial charge in [-0.2, -0.15) is 0 Å². The normalized spacial score (nSPS) is 19.4. The summed E-state index contributed by atoms with van der Waals surface area (Å²) in [5.41, 5.74) is 1.09. The summed E-state index contributed by atoms with van der Waals surface area (Å²) in [5.74, 6) is 1.53. The molecule has 0 bridgehead atoms. The number of nitrogens with zero attached hydrogens (tertiary/aromatic N) is 3. The van der Waals surface area contributed by atoms with E-state index < -0.39 is 0 Å². The van der Waals surface area contributed by atoms with Gasteiger partial charge in [0.15, 0.2) is 5.96 Å². The van der Waals surface area contributed by atoms with E-state index in [0.717, 1.165) is 50.8 Å². The molecule has 1 fully saturated rings. The zero-order valence-corrected chi connectivity index (χ0v) is 13.4. The summed E-state index contributed by atoms with van der Waals surface area (Å²) in [6, 6.07) is 0. The second-order valence-electron chi connectivity index (χ2n) is 5.10. The molecule has 0 radical (unpaired) electrons. The van der Waals surface area contributed by atoms with Crippen molar-refractivity contribution in [2.75, 3.05) is 33.9 Å². The number of aliphatic imine (C=N–C) groups is 1. The molecule has 0 saturated carbocycles. The highest BCUT2D eigenvalue weighted by atomic mass is 32.1. The van der Waals surface area contributed by atoms with Crippen molar-refractivity contribution >= 4 is 17.3 Å². The fourth-order valence-electron chi connectivity index (χ4n) is 2.35. The molecule has 1 aliphatic rings. The molecule has 1 aromatic rings. The Kier molecular flexibility index (Phi) is 5.79. The van der Waals surface area contributed by atoms with Crippen molar-refractivity contribution < 1.29 is 4.74 Å². The fraction of sp³-hybridized carbons (Fsp3) is 0.714. The van der Waals surface area contributed by atoms with E-state index in [1.165, 1.54) is 5.01 Å². The quantitative estimate of drug-likeness (QED) is 0.664. The molecule has 0 aromatic carbocycles. The van der Waals surface area contributed by atoms with Crippen LogP contribution in [0.1, 0.15) is 24.0 Å². The summed E-state index contributed by atoms with van der Waals surface area (Å²) >= 11 is 1.72. The van der Waals surface area contributed by atoms with Crippen LogP contribution in [0.25, 0.3) is 0 Å². The van der Waals surface area contributed by atoms with Crippen molar-refractivity contribution in [2.45, 2.75) is 26.3 Å². The molecule has 20 heavy (non-hydrogen) atoms. The average molecular weight is 296 g/mol. The zero-order chi connectivity index (χ0) is 14.4. The lowest BCUT2D eigenvalue weighted by Crippen LogP contribution is -2.41. The average Bonchev–Trinajstić information content (AvgIpc) is 3.10. The first kappa shape index (κ1) is 15.3. The molecule has 2 heterocycles. The van der Waals surface area contributed by atoms with Crippen LogP contribution in [-0.2, 0) is 17.7 Å². The van der Waals surface area contributed by atoms with Gasteiger partial charge in [-0.15, -0.1) is 11.3 Å². The maximum atomic E-state index is 5.42. The van der Waals surface area contributed by atoms with E-state index in [-0.39, 0.29) is 0 Å². The largest absolute Gasteiger partial charge is 0.381 e. The first-order valence-electron chi connectivity index (χ1n) is 7.15. The Labute approximate surface area is 125 Å². The molecular formula is C14H24N4OS. The van der Waals surface area contributed by atoms with Gasteiger partial charge in [-0.3, -0.25) is 4.99 Å². The van der Waals surface area contributed by atoms with Crippen LogP contribution < -0.4 is 5.32 Å². The molecule has 112 valence electrons. The third-order valence-corrected chi connectivity index (χ3v) is 4.50. The van der Waals surface area contributed by atoms with Crippen LogP contribution in [0.4, 0.5) is 0 Å². The SMILES string of the molecule is CCc1nc(CNC(=NC)N(C)CC2CCOC2)cs1. The number of aryl methyl sites for hydroxylation is 1. The topological polar surface area (TPSA) is 49.8 Å². The molecule has 1 aliphatic heterocycles. The fourth-order valence-corrected chi connectivity index (χ4v) is 3.09. The standard InChI is InChI=1S/C14H24N4OS/c1-4-13-17-12(10-20-13)7-16-14(15-2)18(3)8-11-5-6-19-9-11/h10-11H,4-9H2,1-3H3,(H,15,16). The number of aromatic nitrogens is 1. The highest BCUT2D eigenvalue weighted by Gasteiger charge is 2.19. The maximum Gasteiger partial charge on any atom is 0.193 e. The molecule has 1 unspecified atom stereocenters. The van der Waals surface area contributed by atoms with Gasteiger partial charge in [0.2, 0.25) is 0 Å². The molecule has 1 atom stereocenters. The molecule has 0 aliphatic carbocycles. The van der Waals surface area contributed by atoms with Crippen LogP contribution in [0.5, 0.6) is 0 Å². The van der Waals surface area contributed by atoms with E-state index in [1.54, 1.807) is 11.3 Å². The first-order chi connectivity index (χ1) is 9.72. The second-order valence-corrected chi connectivity index (χ2v) is 6.04. The van der Waals surface area contributed by atoms with Gasteiger partial charge in [-0.1, -0.05) is 6.92 Å².